The number of ketones is 1. The van der Waals surface area contributed by atoms with E-state index in [9.17, 15) is 22.4 Å². The van der Waals surface area contributed by atoms with Crippen molar-refractivity contribution in [3.05, 3.63) is 52.3 Å². The quantitative estimate of drug-likeness (QED) is 0.234. The molecule has 1 aliphatic heterocycles. The number of esters is 1. The molecule has 1 unspecified atom stereocenters. The molecule has 0 aliphatic carbocycles. The summed E-state index contributed by atoms with van der Waals surface area (Å²) in [4.78, 5) is 24.7. The zero-order valence-corrected chi connectivity index (χ0v) is 22.3. The van der Waals surface area contributed by atoms with E-state index in [1.165, 1.54) is 21.8 Å². The fourth-order valence-corrected chi connectivity index (χ4v) is 5.64. The molecule has 0 amide bonds. The van der Waals surface area contributed by atoms with E-state index >= 15 is 0 Å². The van der Waals surface area contributed by atoms with Gasteiger partial charge in [-0.15, -0.1) is 16.4 Å². The van der Waals surface area contributed by atoms with E-state index in [-0.39, 0.29) is 11.1 Å². The van der Waals surface area contributed by atoms with Crippen molar-refractivity contribution in [2.75, 3.05) is 7.11 Å². The highest BCUT2D eigenvalue weighted by atomic mass is 32.2. The van der Waals surface area contributed by atoms with Crippen LogP contribution >= 0.6 is 0 Å². The van der Waals surface area contributed by atoms with Crippen LogP contribution in [0.25, 0.3) is 0 Å². The number of benzene rings is 2. The first-order valence-electron chi connectivity index (χ1n) is 11.2. The van der Waals surface area contributed by atoms with Crippen molar-refractivity contribution in [1.29, 1.82) is 0 Å². The molecule has 0 radical (unpaired) electrons. The topological polar surface area (TPSA) is 122 Å². The number of halogens is 1. The zero-order valence-electron chi connectivity index (χ0n) is 21.5. The van der Waals surface area contributed by atoms with Crippen molar-refractivity contribution >= 4 is 104 Å². The van der Waals surface area contributed by atoms with Gasteiger partial charge in [-0.1, -0.05) is 22.6 Å². The molecule has 0 saturated carbocycles. The van der Waals surface area contributed by atoms with Crippen molar-refractivity contribution < 1.29 is 36.1 Å². The molecule has 2 N–H and O–H groups in total. The molecule has 3 rings (SSSR count). The van der Waals surface area contributed by atoms with Crippen LogP contribution in [0, 0.1) is 5.82 Å². The smallest absolute Gasteiger partial charge is 0.340 e. The van der Waals surface area contributed by atoms with Crippen molar-refractivity contribution in [2.24, 2.45) is 5.73 Å². The van der Waals surface area contributed by atoms with Gasteiger partial charge in [0.25, 0.3) is 0 Å². The number of ether oxygens (including phenoxy) is 2. The Balaban J connectivity index is 1.97. The predicted octanol–water partition coefficient (Wildman–Crippen LogP) is -8.90. The predicted molar refractivity (Wildman–Crippen MR) is 154 cm³/mol. The minimum Gasteiger partial charge on any atom is -0.465 e. The van der Waals surface area contributed by atoms with Crippen LogP contribution in [0.1, 0.15) is 27.6 Å². The minimum atomic E-state index is -4.46. The lowest BCUT2D eigenvalue weighted by Crippen LogP contribution is -2.60. The van der Waals surface area contributed by atoms with Gasteiger partial charge in [0.05, 0.1) is 17.2 Å². The highest BCUT2D eigenvalue weighted by Crippen LogP contribution is 2.35. The van der Waals surface area contributed by atoms with E-state index in [1.807, 2.05) is 39.2 Å². The number of hydrogen-bond acceptors (Lipinski definition) is 8. The van der Waals surface area contributed by atoms with E-state index in [0.717, 1.165) is 46.6 Å². The van der Waals surface area contributed by atoms with E-state index < -0.39 is 50.0 Å². The third-order valence-corrected chi connectivity index (χ3v) is 8.89. The fourth-order valence-electron chi connectivity index (χ4n) is 4.49. The molecule has 8 nitrogen and oxygen atoms in total. The van der Waals surface area contributed by atoms with Crippen molar-refractivity contribution in [2.45, 2.75) is 10.6 Å². The first-order valence-corrected chi connectivity index (χ1v) is 12.6. The molecule has 17 heteroatoms. The average molecular weight is 504 g/mol. The Bertz CT molecular complexity index is 1420. The van der Waals surface area contributed by atoms with Crippen LogP contribution in [0.15, 0.2) is 29.8 Å². The molecule has 2 aromatic rings. The number of nitrogens with two attached hydrogens (primary N) is 1. The van der Waals surface area contributed by atoms with Crippen molar-refractivity contribution in [1.82, 2.24) is 0 Å². The zero-order chi connectivity index (χ0) is 27.3. The lowest BCUT2D eigenvalue weighted by Gasteiger charge is -2.32. The molecule has 180 valence electrons. The second kappa shape index (κ2) is 9.50. The van der Waals surface area contributed by atoms with Crippen LogP contribution in [0.4, 0.5) is 4.39 Å². The molecule has 0 aromatic heterocycles. The number of Topliss-reactive ketones (excluding diaryl/α,β-unsaturated/α-hetero) is 1. The highest BCUT2D eigenvalue weighted by Gasteiger charge is 2.45. The van der Waals surface area contributed by atoms with Crippen molar-refractivity contribution in [3.8, 4) is 0 Å². The first kappa shape index (κ1) is 27.6. The number of methoxy groups -OCH3 is 1. The summed E-state index contributed by atoms with van der Waals surface area (Å²) in [5, 5.41) is 0. The summed E-state index contributed by atoms with van der Waals surface area (Å²) >= 11 is 0. The van der Waals surface area contributed by atoms with Gasteiger partial charge in [-0.3, -0.25) is 4.79 Å². The molecule has 2 aromatic carbocycles. The molecule has 1 aliphatic rings. The second-order valence-corrected chi connectivity index (χ2v) is 11.4. The maximum absolute atomic E-state index is 14.4. The molecule has 36 heavy (non-hydrogen) atoms. The molecule has 0 saturated heterocycles. The van der Waals surface area contributed by atoms with Gasteiger partial charge in [-0.2, -0.15) is 8.42 Å². The van der Waals surface area contributed by atoms with Gasteiger partial charge in [-0.25, -0.2) is 9.18 Å². The lowest BCUT2D eigenvalue weighted by atomic mass is 9.53. The average Bonchev–Trinajstić information content (AvgIpc) is 3.08. The SMILES string of the molecule is Bc1c(B)c(B)c(C(B)(B)S(=O)(=O)OC2=C(N)OC(c3ccc(C(=O)OC)c(F)c3)C2=O)c(B)c1B. The molecule has 0 fully saturated rings. The first-order chi connectivity index (χ1) is 16.6. The Kier molecular flexibility index (Phi) is 7.29. The number of carbonyl (C=O) groups is 2. The Morgan fingerprint density at radius 2 is 1.58 bits per heavy atom. The molecule has 0 bridgehead atoms. The highest BCUT2D eigenvalue weighted by molar-refractivity contribution is 7.90. The third kappa shape index (κ3) is 4.38. The Labute approximate surface area is 215 Å². The van der Waals surface area contributed by atoms with Crippen LogP contribution in [0.2, 0.25) is 0 Å². The number of carbonyl (C=O) groups excluding carboxylic acids is 2. The standard InChI is InChI=1S/C19H23B7FNO7S/c1-33-18(30)6-3-2-5(4-7(6)27)15-14(29)16(17(28)34-15)35-36(31,32)19(25,26)8-9(20)11(22)13(24)12(23)10(8)21/h2-4,15H,20-26,28H2,1H3. The summed E-state index contributed by atoms with van der Waals surface area (Å²) in [5.74, 6) is -3.93. The van der Waals surface area contributed by atoms with Gasteiger partial charge in [0.15, 0.2) is 6.10 Å². The molecule has 1 atom stereocenters. The van der Waals surface area contributed by atoms with Crippen molar-refractivity contribution in [3.63, 3.8) is 0 Å². The number of hydrogen-bond donors (Lipinski definition) is 1. The largest absolute Gasteiger partial charge is 0.465 e. The van der Waals surface area contributed by atoms with E-state index in [2.05, 4.69) is 4.74 Å². The summed E-state index contributed by atoms with van der Waals surface area (Å²) < 4.78 is 55.1. The third-order valence-electron chi connectivity index (χ3n) is 7.05. The Hall–Kier alpha value is -2.95. The van der Waals surface area contributed by atoms with E-state index in [4.69, 9.17) is 14.7 Å². The molecule has 0 spiro atoms. The molecular formula is C19H23B7FNO7S. The molecule has 1 heterocycles. The maximum Gasteiger partial charge on any atom is 0.340 e. The summed E-state index contributed by atoms with van der Waals surface area (Å²) in [5.41, 5.74) is 10.7. The summed E-state index contributed by atoms with van der Waals surface area (Å²) in [6.07, 6.45) is -1.44. The van der Waals surface area contributed by atoms with Gasteiger partial charge in [0.2, 0.25) is 17.4 Å². The minimum absolute atomic E-state index is 0.0276. The van der Waals surface area contributed by atoms with Gasteiger partial charge in [0, 0.05) is 5.56 Å². The summed E-state index contributed by atoms with van der Waals surface area (Å²) in [7, 11) is 9.18. The van der Waals surface area contributed by atoms with Gasteiger partial charge < -0.3 is 19.4 Å². The van der Waals surface area contributed by atoms with Crippen LogP contribution in [0.3, 0.4) is 0 Å². The Morgan fingerprint density at radius 3 is 2.08 bits per heavy atom. The van der Waals surface area contributed by atoms with Gasteiger partial charge in [-0.05, 0) is 12.1 Å². The van der Waals surface area contributed by atoms with E-state index in [1.54, 1.807) is 0 Å². The van der Waals surface area contributed by atoms with Crippen LogP contribution < -0.4 is 33.0 Å². The Morgan fingerprint density at radius 1 is 1.06 bits per heavy atom. The maximum atomic E-state index is 14.4. The van der Waals surface area contributed by atoms with Crippen LogP contribution in [0.5, 0.6) is 0 Å². The normalized spacial score (nSPS) is 16.1. The van der Waals surface area contributed by atoms with Gasteiger partial charge >= 0.3 is 16.1 Å². The lowest BCUT2D eigenvalue weighted by molar-refractivity contribution is -0.123. The van der Waals surface area contributed by atoms with Crippen LogP contribution in [-0.2, 0) is 33.1 Å². The summed E-state index contributed by atoms with van der Waals surface area (Å²) in [6.45, 7) is 0. The van der Waals surface area contributed by atoms with E-state index in [0.29, 0.717) is 5.56 Å². The number of rotatable bonds is 6. The van der Waals surface area contributed by atoms with Crippen LogP contribution in [-0.4, -0.2) is 82.2 Å². The molecular weight excluding hydrogens is 481 g/mol. The second-order valence-electron chi connectivity index (χ2n) is 9.33. The van der Waals surface area contributed by atoms with Gasteiger partial charge in [0.1, 0.15) is 60.7 Å². The summed E-state index contributed by atoms with van der Waals surface area (Å²) in [6, 6.07) is 3.35. The monoisotopic (exact) mass is 505 g/mol. The fraction of sp³-hybridized carbons (Fsp3) is 0.158.